The first-order valence-corrected chi connectivity index (χ1v) is 10.1. The molecule has 0 atom stereocenters. The van der Waals surface area contributed by atoms with Crippen LogP contribution in [-0.2, 0) is 5.75 Å². The van der Waals surface area contributed by atoms with Crippen LogP contribution < -0.4 is 5.32 Å². The van der Waals surface area contributed by atoms with Gasteiger partial charge in [0.15, 0.2) is 4.34 Å². The lowest BCUT2D eigenvalue weighted by molar-refractivity contribution is 0.687. The average molecular weight is 385 g/mol. The SMILES string of the molecule is Cc1nn(-c2ccccc2)c(CSc2nnc(NCC(C)C)s2)c1C#N. The average Bonchev–Trinajstić information content (AvgIpc) is 3.22. The maximum atomic E-state index is 9.53. The molecule has 2 heterocycles. The van der Waals surface area contributed by atoms with Crippen LogP contribution in [0.25, 0.3) is 5.69 Å². The number of rotatable bonds is 7. The second-order valence-electron chi connectivity index (χ2n) is 6.20. The van der Waals surface area contributed by atoms with Crippen molar-refractivity contribution in [2.75, 3.05) is 11.9 Å². The molecule has 0 spiro atoms. The van der Waals surface area contributed by atoms with E-state index in [2.05, 4.69) is 40.5 Å². The fourth-order valence-corrected chi connectivity index (χ4v) is 4.16. The molecular weight excluding hydrogens is 364 g/mol. The van der Waals surface area contributed by atoms with E-state index in [1.54, 1.807) is 11.8 Å². The van der Waals surface area contributed by atoms with Gasteiger partial charge in [-0.2, -0.15) is 10.4 Å². The van der Waals surface area contributed by atoms with Crippen molar-refractivity contribution in [3.63, 3.8) is 0 Å². The number of para-hydroxylation sites is 1. The van der Waals surface area contributed by atoms with Gasteiger partial charge in [-0.3, -0.25) is 0 Å². The van der Waals surface area contributed by atoms with Crippen molar-refractivity contribution >= 4 is 28.2 Å². The van der Waals surface area contributed by atoms with E-state index in [0.29, 0.717) is 17.2 Å². The summed E-state index contributed by atoms with van der Waals surface area (Å²) in [6.07, 6.45) is 0. The Morgan fingerprint density at radius 3 is 2.73 bits per heavy atom. The number of nitrogens with zero attached hydrogens (tertiary/aromatic N) is 5. The third kappa shape index (κ3) is 4.23. The van der Waals surface area contributed by atoms with Gasteiger partial charge in [0.05, 0.1) is 22.6 Å². The molecule has 0 fully saturated rings. The zero-order chi connectivity index (χ0) is 18.5. The molecule has 6 nitrogen and oxygen atoms in total. The first-order valence-electron chi connectivity index (χ1n) is 8.32. The Morgan fingerprint density at radius 1 is 1.27 bits per heavy atom. The summed E-state index contributed by atoms with van der Waals surface area (Å²) in [6, 6.07) is 12.2. The molecule has 3 aromatic rings. The van der Waals surface area contributed by atoms with Crippen molar-refractivity contribution in [1.29, 1.82) is 5.26 Å². The Hall–Kier alpha value is -2.37. The number of aryl methyl sites for hydroxylation is 1. The van der Waals surface area contributed by atoms with E-state index in [4.69, 9.17) is 0 Å². The maximum Gasteiger partial charge on any atom is 0.206 e. The molecule has 8 heteroatoms. The number of benzene rings is 1. The minimum absolute atomic E-state index is 0.552. The number of hydrogen-bond donors (Lipinski definition) is 1. The number of hydrogen-bond acceptors (Lipinski definition) is 7. The summed E-state index contributed by atoms with van der Waals surface area (Å²) < 4.78 is 2.72. The van der Waals surface area contributed by atoms with Gasteiger partial charge in [0.1, 0.15) is 6.07 Å². The van der Waals surface area contributed by atoms with Crippen LogP contribution in [0.4, 0.5) is 5.13 Å². The van der Waals surface area contributed by atoms with Gasteiger partial charge < -0.3 is 5.32 Å². The van der Waals surface area contributed by atoms with Crippen LogP contribution in [0.5, 0.6) is 0 Å². The Morgan fingerprint density at radius 2 is 2.04 bits per heavy atom. The Kier molecular flexibility index (Phi) is 5.91. The highest BCUT2D eigenvalue weighted by Crippen LogP contribution is 2.30. The van der Waals surface area contributed by atoms with Gasteiger partial charge in [-0.15, -0.1) is 10.2 Å². The van der Waals surface area contributed by atoms with Gasteiger partial charge in [-0.05, 0) is 25.0 Å². The van der Waals surface area contributed by atoms with Crippen LogP contribution >= 0.6 is 23.1 Å². The third-order valence-corrected chi connectivity index (χ3v) is 5.69. The number of nitrogens with one attached hydrogen (secondary N) is 1. The van der Waals surface area contributed by atoms with Crippen molar-refractivity contribution in [2.45, 2.75) is 30.9 Å². The molecule has 2 aromatic heterocycles. The van der Waals surface area contributed by atoms with Crippen molar-refractivity contribution < 1.29 is 0 Å². The van der Waals surface area contributed by atoms with Crippen molar-refractivity contribution in [1.82, 2.24) is 20.0 Å². The van der Waals surface area contributed by atoms with Crippen LogP contribution in [0.3, 0.4) is 0 Å². The van der Waals surface area contributed by atoms with Gasteiger partial charge >= 0.3 is 0 Å². The highest BCUT2D eigenvalue weighted by molar-refractivity contribution is 8.00. The molecule has 134 valence electrons. The summed E-state index contributed by atoms with van der Waals surface area (Å²) in [4.78, 5) is 0. The standard InChI is InChI=1S/C18H20N6S2/c1-12(2)10-20-17-21-22-18(26-17)25-11-16-15(9-19)13(3)23-24(16)14-7-5-4-6-8-14/h4-8,12H,10-11H2,1-3H3,(H,20,21). The van der Waals surface area contributed by atoms with Crippen molar-refractivity contribution in [2.24, 2.45) is 5.92 Å². The second-order valence-corrected chi connectivity index (χ2v) is 8.40. The lowest BCUT2D eigenvalue weighted by Gasteiger charge is -2.06. The quantitative estimate of drug-likeness (QED) is 0.613. The summed E-state index contributed by atoms with van der Waals surface area (Å²) in [7, 11) is 0. The van der Waals surface area contributed by atoms with E-state index in [1.807, 2.05) is 41.9 Å². The van der Waals surface area contributed by atoms with Crippen LogP contribution in [0.2, 0.25) is 0 Å². The van der Waals surface area contributed by atoms with Gasteiger partial charge in [-0.25, -0.2) is 4.68 Å². The van der Waals surface area contributed by atoms with Crippen molar-refractivity contribution in [3.8, 4) is 11.8 Å². The molecule has 0 saturated carbocycles. The monoisotopic (exact) mass is 384 g/mol. The van der Waals surface area contributed by atoms with Gasteiger partial charge in [0.25, 0.3) is 0 Å². The molecule has 0 aliphatic heterocycles. The van der Waals surface area contributed by atoms with Gasteiger partial charge in [0.2, 0.25) is 5.13 Å². The Balaban J connectivity index is 1.79. The van der Waals surface area contributed by atoms with Crippen LogP contribution in [0, 0.1) is 24.2 Å². The lowest BCUT2D eigenvalue weighted by Crippen LogP contribution is -2.07. The maximum absolute atomic E-state index is 9.53. The number of aromatic nitrogens is 4. The third-order valence-electron chi connectivity index (χ3n) is 3.67. The lowest BCUT2D eigenvalue weighted by atomic mass is 10.2. The smallest absolute Gasteiger partial charge is 0.206 e. The van der Waals surface area contributed by atoms with E-state index in [0.717, 1.165) is 33.1 Å². The Bertz CT molecular complexity index is 908. The Labute approximate surface area is 161 Å². The van der Waals surface area contributed by atoms with Gasteiger partial charge in [-0.1, -0.05) is 55.1 Å². The predicted octanol–water partition coefficient (Wildman–Crippen LogP) is 4.26. The summed E-state index contributed by atoms with van der Waals surface area (Å²) in [5.74, 6) is 1.16. The van der Waals surface area contributed by atoms with Gasteiger partial charge in [0, 0.05) is 12.3 Å². The van der Waals surface area contributed by atoms with Crippen LogP contribution in [-0.4, -0.2) is 26.5 Å². The number of thioether (sulfide) groups is 1. The fourth-order valence-electron chi connectivity index (χ4n) is 2.40. The highest BCUT2D eigenvalue weighted by Gasteiger charge is 2.17. The summed E-state index contributed by atoms with van der Waals surface area (Å²) in [5.41, 5.74) is 3.20. The topological polar surface area (TPSA) is 79.4 Å². The summed E-state index contributed by atoms with van der Waals surface area (Å²) in [6.45, 7) is 7.04. The molecule has 26 heavy (non-hydrogen) atoms. The van der Waals surface area contributed by atoms with E-state index in [-0.39, 0.29) is 0 Å². The van der Waals surface area contributed by atoms with E-state index >= 15 is 0 Å². The highest BCUT2D eigenvalue weighted by atomic mass is 32.2. The minimum atomic E-state index is 0.552. The molecular formula is C18H20N6S2. The molecule has 0 aliphatic rings. The number of nitriles is 1. The fraction of sp³-hybridized carbons (Fsp3) is 0.333. The molecule has 0 radical (unpaired) electrons. The normalized spacial score (nSPS) is 10.9. The molecule has 0 bridgehead atoms. The zero-order valence-electron chi connectivity index (χ0n) is 14.9. The molecule has 0 amide bonds. The summed E-state index contributed by atoms with van der Waals surface area (Å²) in [5, 5.41) is 26.6. The molecule has 0 unspecified atom stereocenters. The second kappa shape index (κ2) is 8.34. The van der Waals surface area contributed by atoms with Crippen LogP contribution in [0.15, 0.2) is 34.7 Å². The molecule has 1 N–H and O–H groups in total. The predicted molar refractivity (Wildman–Crippen MR) is 106 cm³/mol. The van der Waals surface area contributed by atoms with Crippen molar-refractivity contribution in [3.05, 3.63) is 47.3 Å². The number of anilines is 1. The van der Waals surface area contributed by atoms with Crippen LogP contribution in [0.1, 0.15) is 30.8 Å². The van der Waals surface area contributed by atoms with E-state index in [1.165, 1.54) is 11.3 Å². The zero-order valence-corrected chi connectivity index (χ0v) is 16.6. The molecule has 0 saturated heterocycles. The van der Waals surface area contributed by atoms with E-state index < -0.39 is 0 Å². The summed E-state index contributed by atoms with van der Waals surface area (Å²) >= 11 is 3.11. The first-order chi connectivity index (χ1) is 12.6. The molecule has 3 rings (SSSR count). The van der Waals surface area contributed by atoms with E-state index in [9.17, 15) is 5.26 Å². The molecule has 0 aliphatic carbocycles. The molecule has 1 aromatic carbocycles. The minimum Gasteiger partial charge on any atom is -0.360 e. The largest absolute Gasteiger partial charge is 0.360 e. The first kappa shape index (κ1) is 18.4.